The first-order chi connectivity index (χ1) is 14.9. The predicted molar refractivity (Wildman–Crippen MR) is 128 cm³/mol. The Morgan fingerprint density at radius 1 is 0.839 bits per heavy atom. The number of amides is 2. The van der Waals surface area contributed by atoms with Crippen LogP contribution in [-0.2, 0) is 9.59 Å². The average molecular weight is 449 g/mol. The third-order valence-corrected chi connectivity index (χ3v) is 6.68. The molecule has 0 atom stereocenters. The van der Waals surface area contributed by atoms with Crippen LogP contribution in [0.25, 0.3) is 0 Å². The van der Waals surface area contributed by atoms with Gasteiger partial charge < -0.3 is 4.90 Å². The Balaban J connectivity index is 1.82. The SMILES string of the molecule is Cc1cccc(N2C(=O)C(Sc3ccc(Cl)cc3)=C(N(C)c3ccccc3)C2=O)c1C. The molecule has 0 spiro atoms. The topological polar surface area (TPSA) is 40.6 Å². The summed E-state index contributed by atoms with van der Waals surface area (Å²) in [6, 6.07) is 22.4. The highest BCUT2D eigenvalue weighted by Gasteiger charge is 2.42. The fourth-order valence-electron chi connectivity index (χ4n) is 3.48. The number of carbonyl (C=O) groups excluding carboxylic acids is 2. The lowest BCUT2D eigenvalue weighted by atomic mass is 10.1. The quantitative estimate of drug-likeness (QED) is 0.451. The molecule has 3 aromatic carbocycles. The lowest BCUT2D eigenvalue weighted by Gasteiger charge is -2.22. The highest BCUT2D eigenvalue weighted by atomic mass is 35.5. The Morgan fingerprint density at radius 3 is 2.19 bits per heavy atom. The molecule has 1 aliphatic heterocycles. The molecule has 0 fully saturated rings. The number of hydrogen-bond acceptors (Lipinski definition) is 4. The number of likely N-dealkylation sites (N-methyl/N-ethyl adjacent to an activating group) is 1. The number of para-hydroxylation sites is 1. The van der Waals surface area contributed by atoms with Crippen LogP contribution >= 0.6 is 23.4 Å². The largest absolute Gasteiger partial charge is 0.339 e. The lowest BCUT2D eigenvalue weighted by molar-refractivity contribution is -0.120. The minimum absolute atomic E-state index is 0.323. The molecule has 3 aromatic rings. The van der Waals surface area contributed by atoms with Gasteiger partial charge in [-0.25, -0.2) is 4.90 Å². The van der Waals surface area contributed by atoms with Crippen molar-refractivity contribution in [2.45, 2.75) is 18.7 Å². The van der Waals surface area contributed by atoms with Gasteiger partial charge in [0.15, 0.2) is 0 Å². The van der Waals surface area contributed by atoms with E-state index in [2.05, 4.69) is 0 Å². The zero-order valence-electron chi connectivity index (χ0n) is 17.4. The van der Waals surface area contributed by atoms with Crippen molar-refractivity contribution in [1.82, 2.24) is 0 Å². The summed E-state index contributed by atoms with van der Waals surface area (Å²) in [5.41, 5.74) is 3.73. The molecule has 0 saturated heterocycles. The van der Waals surface area contributed by atoms with Crippen molar-refractivity contribution < 1.29 is 9.59 Å². The minimum atomic E-state index is -0.332. The van der Waals surface area contributed by atoms with Gasteiger partial charge in [-0.1, -0.05) is 53.7 Å². The summed E-state index contributed by atoms with van der Waals surface area (Å²) in [5.74, 6) is -0.655. The monoisotopic (exact) mass is 448 g/mol. The van der Waals surface area contributed by atoms with Crippen molar-refractivity contribution in [1.29, 1.82) is 0 Å². The fourth-order valence-corrected chi connectivity index (χ4v) is 4.62. The molecule has 31 heavy (non-hydrogen) atoms. The first-order valence-corrected chi connectivity index (χ1v) is 11.0. The maximum absolute atomic E-state index is 13.6. The van der Waals surface area contributed by atoms with Gasteiger partial charge in [0, 0.05) is 22.7 Å². The lowest BCUT2D eigenvalue weighted by Crippen LogP contribution is -2.34. The van der Waals surface area contributed by atoms with Crippen molar-refractivity contribution in [3.05, 3.63) is 99.5 Å². The maximum atomic E-state index is 13.6. The number of rotatable bonds is 5. The Labute approximate surface area is 191 Å². The van der Waals surface area contributed by atoms with E-state index in [-0.39, 0.29) is 11.8 Å². The summed E-state index contributed by atoms with van der Waals surface area (Å²) in [6.45, 7) is 3.90. The van der Waals surface area contributed by atoms with E-state index in [1.54, 1.807) is 17.0 Å². The number of nitrogens with zero attached hydrogens (tertiary/aromatic N) is 2. The van der Waals surface area contributed by atoms with Gasteiger partial charge in [-0.05, 0) is 67.4 Å². The Hall–Kier alpha value is -3.02. The molecule has 1 aliphatic rings. The van der Waals surface area contributed by atoms with Gasteiger partial charge in [0.1, 0.15) is 10.6 Å². The van der Waals surface area contributed by atoms with E-state index >= 15 is 0 Å². The van der Waals surface area contributed by atoms with Crippen LogP contribution < -0.4 is 9.80 Å². The first-order valence-electron chi connectivity index (χ1n) is 9.80. The smallest absolute Gasteiger partial charge is 0.283 e. The van der Waals surface area contributed by atoms with Crippen LogP contribution in [0.4, 0.5) is 11.4 Å². The Kier molecular flexibility index (Phi) is 5.90. The maximum Gasteiger partial charge on any atom is 0.283 e. The predicted octanol–water partition coefficient (Wildman–Crippen LogP) is 5.97. The number of anilines is 2. The second-order valence-electron chi connectivity index (χ2n) is 7.29. The van der Waals surface area contributed by atoms with Crippen molar-refractivity contribution in [2.75, 3.05) is 16.8 Å². The molecule has 4 rings (SSSR count). The molecule has 156 valence electrons. The van der Waals surface area contributed by atoms with Gasteiger partial charge >= 0.3 is 0 Å². The number of hydrogen-bond donors (Lipinski definition) is 0. The Morgan fingerprint density at radius 2 is 1.52 bits per heavy atom. The van der Waals surface area contributed by atoms with Gasteiger partial charge in [-0.3, -0.25) is 9.59 Å². The fraction of sp³-hybridized carbons (Fsp3) is 0.120. The zero-order valence-corrected chi connectivity index (χ0v) is 19.0. The minimum Gasteiger partial charge on any atom is -0.339 e. The van der Waals surface area contributed by atoms with Crippen LogP contribution in [0.15, 0.2) is 88.3 Å². The molecule has 1 heterocycles. The summed E-state index contributed by atoms with van der Waals surface area (Å²) < 4.78 is 0. The van der Waals surface area contributed by atoms with E-state index in [1.165, 1.54) is 16.7 Å². The second-order valence-corrected chi connectivity index (χ2v) is 8.81. The third-order valence-electron chi connectivity index (χ3n) is 5.35. The van der Waals surface area contributed by atoms with E-state index in [4.69, 9.17) is 11.6 Å². The van der Waals surface area contributed by atoms with Crippen LogP contribution in [0.5, 0.6) is 0 Å². The van der Waals surface area contributed by atoms with Gasteiger partial charge in [-0.15, -0.1) is 0 Å². The van der Waals surface area contributed by atoms with Crippen molar-refractivity contribution in [2.24, 2.45) is 0 Å². The molecule has 0 N–H and O–H groups in total. The van der Waals surface area contributed by atoms with Crippen LogP contribution in [0.2, 0.25) is 5.02 Å². The van der Waals surface area contributed by atoms with E-state index in [9.17, 15) is 9.59 Å². The van der Waals surface area contributed by atoms with Crippen molar-refractivity contribution >= 4 is 46.6 Å². The second kappa shape index (κ2) is 8.61. The molecule has 0 unspecified atom stereocenters. The Bertz CT molecular complexity index is 1190. The molecule has 0 radical (unpaired) electrons. The average Bonchev–Trinajstić information content (AvgIpc) is 3.01. The molecule has 2 amide bonds. The summed E-state index contributed by atoms with van der Waals surface area (Å²) >= 11 is 7.29. The first kappa shape index (κ1) is 21.2. The molecule has 0 bridgehead atoms. The van der Waals surface area contributed by atoms with E-state index < -0.39 is 0 Å². The van der Waals surface area contributed by atoms with E-state index in [0.717, 1.165) is 21.7 Å². The number of imide groups is 1. The number of benzene rings is 3. The molecule has 0 saturated carbocycles. The van der Waals surface area contributed by atoms with Gasteiger partial charge in [0.05, 0.1) is 5.69 Å². The molecule has 0 aromatic heterocycles. The zero-order chi connectivity index (χ0) is 22.1. The number of carbonyl (C=O) groups is 2. The van der Waals surface area contributed by atoms with Crippen molar-refractivity contribution in [3.8, 4) is 0 Å². The van der Waals surface area contributed by atoms with Crippen molar-refractivity contribution in [3.63, 3.8) is 0 Å². The summed E-state index contributed by atoms with van der Waals surface area (Å²) in [4.78, 5) is 31.5. The molecule has 0 aliphatic carbocycles. The normalized spacial score (nSPS) is 13.9. The van der Waals surface area contributed by atoms with Gasteiger partial charge in [-0.2, -0.15) is 0 Å². The molecule has 4 nitrogen and oxygen atoms in total. The third kappa shape index (κ3) is 3.99. The number of aryl methyl sites for hydroxylation is 1. The molecule has 6 heteroatoms. The number of halogens is 1. The standard InChI is InChI=1S/C25H21ClN2O2S/c1-16-8-7-11-21(17(16)2)28-24(29)22(27(3)19-9-5-4-6-10-19)23(25(28)30)31-20-14-12-18(26)13-15-20/h4-15H,1-3H3. The summed E-state index contributed by atoms with van der Waals surface area (Å²) in [7, 11) is 1.81. The van der Waals surface area contributed by atoms with E-state index in [1.807, 2.05) is 81.6 Å². The number of thioether (sulfide) groups is 1. The summed E-state index contributed by atoms with van der Waals surface area (Å²) in [6.07, 6.45) is 0. The molecular weight excluding hydrogens is 428 g/mol. The van der Waals surface area contributed by atoms with Gasteiger partial charge in [0.2, 0.25) is 0 Å². The summed E-state index contributed by atoms with van der Waals surface area (Å²) in [5, 5.41) is 0.616. The van der Waals surface area contributed by atoms with Crippen LogP contribution in [-0.4, -0.2) is 18.9 Å². The van der Waals surface area contributed by atoms with Gasteiger partial charge in [0.25, 0.3) is 11.8 Å². The highest BCUT2D eigenvalue weighted by molar-refractivity contribution is 8.04. The van der Waals surface area contributed by atoms with E-state index in [0.29, 0.717) is 21.3 Å². The van der Waals surface area contributed by atoms with Crippen LogP contribution in [0.1, 0.15) is 11.1 Å². The van der Waals surface area contributed by atoms with Crippen LogP contribution in [0.3, 0.4) is 0 Å². The highest BCUT2D eigenvalue weighted by Crippen LogP contribution is 2.40. The van der Waals surface area contributed by atoms with Crippen LogP contribution in [0, 0.1) is 13.8 Å². The molecular formula is C25H21ClN2O2S.